The van der Waals surface area contributed by atoms with E-state index in [-0.39, 0.29) is 0 Å². The maximum Gasteiger partial charge on any atom is 0.320 e. The minimum atomic E-state index is -3.52. The van der Waals surface area contributed by atoms with Gasteiger partial charge < -0.3 is 10.2 Å². The molecule has 0 saturated heterocycles. The average Bonchev–Trinajstić information content (AvgIpc) is 2.83. The highest BCUT2D eigenvalue weighted by atomic mass is 19.3. The molecule has 0 aliphatic heterocycles. The molecule has 8 heteroatoms. The molecular formula is C10H7F2NO5. The van der Waals surface area contributed by atoms with Crippen LogP contribution in [-0.2, 0) is 10.2 Å². The van der Waals surface area contributed by atoms with Gasteiger partial charge in [-0.1, -0.05) is 0 Å². The van der Waals surface area contributed by atoms with E-state index in [2.05, 4.69) is 0 Å². The fourth-order valence-electron chi connectivity index (χ4n) is 1.91. The monoisotopic (exact) mass is 259 g/mol. The number of aliphatic carboxylic acids is 1. The van der Waals surface area contributed by atoms with Crippen LogP contribution in [0.1, 0.15) is 12.0 Å². The highest BCUT2D eigenvalue weighted by Gasteiger charge is 2.78. The molecule has 0 spiro atoms. The first-order valence-corrected chi connectivity index (χ1v) is 4.81. The van der Waals surface area contributed by atoms with E-state index < -0.39 is 45.7 Å². The largest absolute Gasteiger partial charge is 0.508 e. The molecular weight excluding hydrogens is 252 g/mol. The van der Waals surface area contributed by atoms with Gasteiger partial charge in [-0.25, -0.2) is 8.78 Å². The average molecular weight is 259 g/mol. The van der Waals surface area contributed by atoms with Crippen LogP contribution >= 0.6 is 0 Å². The van der Waals surface area contributed by atoms with Crippen molar-refractivity contribution in [1.29, 1.82) is 0 Å². The van der Waals surface area contributed by atoms with Crippen LogP contribution in [0.3, 0.4) is 0 Å². The van der Waals surface area contributed by atoms with Crippen molar-refractivity contribution >= 4 is 11.7 Å². The van der Waals surface area contributed by atoms with Crippen molar-refractivity contribution in [3.63, 3.8) is 0 Å². The molecule has 6 nitrogen and oxygen atoms in total. The van der Waals surface area contributed by atoms with Gasteiger partial charge in [0.15, 0.2) is 5.41 Å². The number of carboxylic acids is 1. The van der Waals surface area contributed by atoms with Gasteiger partial charge in [-0.15, -0.1) is 0 Å². The van der Waals surface area contributed by atoms with Gasteiger partial charge in [0, 0.05) is 24.1 Å². The Labute approximate surface area is 98.6 Å². The van der Waals surface area contributed by atoms with Crippen LogP contribution < -0.4 is 0 Å². The number of rotatable bonds is 3. The van der Waals surface area contributed by atoms with Crippen LogP contribution in [0, 0.1) is 10.1 Å². The smallest absolute Gasteiger partial charge is 0.320 e. The lowest BCUT2D eigenvalue weighted by Crippen LogP contribution is -2.27. The van der Waals surface area contributed by atoms with Gasteiger partial charge in [0.1, 0.15) is 5.75 Å². The normalized spacial score (nSPS) is 24.6. The summed E-state index contributed by atoms with van der Waals surface area (Å²) < 4.78 is 26.5. The van der Waals surface area contributed by atoms with E-state index in [1.54, 1.807) is 0 Å². The maximum absolute atomic E-state index is 13.2. The first-order valence-electron chi connectivity index (χ1n) is 4.81. The van der Waals surface area contributed by atoms with Crippen molar-refractivity contribution in [2.45, 2.75) is 17.8 Å². The maximum atomic E-state index is 13.2. The zero-order chi connectivity index (χ0) is 13.7. The summed E-state index contributed by atoms with van der Waals surface area (Å²) in [5, 5.41) is 28.9. The first kappa shape index (κ1) is 12.2. The molecule has 1 atom stereocenters. The second-order valence-corrected chi connectivity index (χ2v) is 4.05. The van der Waals surface area contributed by atoms with Crippen molar-refractivity contribution in [1.82, 2.24) is 0 Å². The molecule has 0 aromatic heterocycles. The van der Waals surface area contributed by atoms with Gasteiger partial charge in [0.05, 0.1) is 4.92 Å². The summed E-state index contributed by atoms with van der Waals surface area (Å²) in [5.41, 5.74) is -3.75. The number of phenols is 1. The molecule has 18 heavy (non-hydrogen) atoms. The van der Waals surface area contributed by atoms with Gasteiger partial charge in [-0.3, -0.25) is 14.9 Å². The number of carboxylic acid groups (broad SMARTS) is 1. The fourth-order valence-corrected chi connectivity index (χ4v) is 1.91. The van der Waals surface area contributed by atoms with Gasteiger partial charge in [0.25, 0.3) is 11.6 Å². The van der Waals surface area contributed by atoms with Crippen molar-refractivity contribution in [3.8, 4) is 5.75 Å². The molecule has 1 unspecified atom stereocenters. The Morgan fingerprint density at radius 2 is 2.00 bits per heavy atom. The number of hydrogen-bond acceptors (Lipinski definition) is 4. The van der Waals surface area contributed by atoms with Crippen LogP contribution in [0.2, 0.25) is 0 Å². The number of non-ortho nitro benzene ring substituents is 1. The predicted molar refractivity (Wildman–Crippen MR) is 53.6 cm³/mol. The number of alkyl halides is 2. The Morgan fingerprint density at radius 1 is 1.44 bits per heavy atom. The van der Waals surface area contributed by atoms with Gasteiger partial charge in [-0.05, 0) is 6.07 Å². The molecule has 2 rings (SSSR count). The van der Waals surface area contributed by atoms with Crippen molar-refractivity contribution < 1.29 is 28.7 Å². The number of phenolic OH excluding ortho intramolecular Hbond substituents is 1. The second kappa shape index (κ2) is 3.37. The molecule has 0 bridgehead atoms. The molecule has 1 fully saturated rings. The van der Waals surface area contributed by atoms with E-state index in [1.165, 1.54) is 0 Å². The third-order valence-electron chi connectivity index (χ3n) is 3.00. The van der Waals surface area contributed by atoms with E-state index in [0.29, 0.717) is 6.07 Å². The van der Waals surface area contributed by atoms with Gasteiger partial charge in [-0.2, -0.15) is 0 Å². The van der Waals surface area contributed by atoms with E-state index in [9.17, 15) is 28.8 Å². The number of halogens is 2. The highest BCUT2D eigenvalue weighted by Crippen LogP contribution is 2.63. The Morgan fingerprint density at radius 3 is 2.39 bits per heavy atom. The Bertz CT molecular complexity index is 559. The van der Waals surface area contributed by atoms with Crippen LogP contribution in [0.4, 0.5) is 14.5 Å². The molecule has 0 heterocycles. The fraction of sp³-hybridized carbons (Fsp3) is 0.300. The van der Waals surface area contributed by atoms with Crippen molar-refractivity contribution in [2.24, 2.45) is 0 Å². The first-order chi connectivity index (χ1) is 8.22. The molecule has 1 aliphatic carbocycles. The SMILES string of the molecule is O=C(O)C1(c2cc([N+](=O)[O-])ccc2O)CC1(F)F. The molecule has 2 N–H and O–H groups in total. The van der Waals surface area contributed by atoms with Crippen LogP contribution in [-0.4, -0.2) is 27.0 Å². The van der Waals surface area contributed by atoms with E-state index in [1.807, 2.05) is 0 Å². The minimum absolute atomic E-state index is 0.550. The van der Waals surface area contributed by atoms with Crippen molar-refractivity contribution in [2.75, 3.05) is 0 Å². The summed E-state index contributed by atoms with van der Waals surface area (Å²) in [6.45, 7) is 0. The number of nitrogens with zero attached hydrogens (tertiary/aromatic N) is 1. The van der Waals surface area contributed by atoms with E-state index >= 15 is 0 Å². The van der Waals surface area contributed by atoms with Crippen LogP contribution in [0.15, 0.2) is 18.2 Å². The number of nitro benzene ring substituents is 1. The Hall–Kier alpha value is -2.25. The van der Waals surface area contributed by atoms with Crippen molar-refractivity contribution in [3.05, 3.63) is 33.9 Å². The summed E-state index contributed by atoms with van der Waals surface area (Å²) in [6.07, 6.45) is -0.982. The molecule has 0 amide bonds. The molecule has 96 valence electrons. The topological polar surface area (TPSA) is 101 Å². The molecule has 1 saturated carbocycles. The minimum Gasteiger partial charge on any atom is -0.508 e. The van der Waals surface area contributed by atoms with Gasteiger partial charge >= 0.3 is 5.97 Å². The molecule has 1 aliphatic rings. The lowest BCUT2D eigenvalue weighted by atomic mass is 9.94. The number of benzene rings is 1. The zero-order valence-electron chi connectivity index (χ0n) is 8.76. The summed E-state index contributed by atoms with van der Waals surface area (Å²) in [7, 11) is 0. The van der Waals surface area contributed by atoms with Crippen LogP contribution in [0.5, 0.6) is 5.75 Å². The van der Waals surface area contributed by atoms with E-state index in [0.717, 1.165) is 12.1 Å². The summed E-state index contributed by atoms with van der Waals surface area (Å²) in [6, 6.07) is 2.42. The second-order valence-electron chi connectivity index (χ2n) is 4.05. The molecule has 1 aromatic carbocycles. The predicted octanol–water partition coefficient (Wildman–Crippen LogP) is 1.66. The van der Waals surface area contributed by atoms with Gasteiger partial charge in [0.2, 0.25) is 0 Å². The third kappa shape index (κ3) is 1.41. The highest BCUT2D eigenvalue weighted by molar-refractivity contribution is 5.89. The quantitative estimate of drug-likeness (QED) is 0.635. The number of nitro groups is 1. The lowest BCUT2D eigenvalue weighted by Gasteiger charge is -2.13. The van der Waals surface area contributed by atoms with E-state index in [4.69, 9.17) is 5.11 Å². The number of hydrogen-bond donors (Lipinski definition) is 2. The Kier molecular flexibility index (Phi) is 2.29. The third-order valence-corrected chi connectivity index (χ3v) is 3.00. The molecule has 1 aromatic rings. The molecule has 0 radical (unpaired) electrons. The standard InChI is InChI=1S/C10H7F2NO5/c11-10(12)4-9(10,8(15)16)6-3-5(13(17)18)1-2-7(6)14/h1-3,14H,4H2,(H,15,16). The Balaban J connectivity index is 2.61. The number of carbonyl (C=O) groups is 1. The number of aromatic hydroxyl groups is 1. The zero-order valence-corrected chi connectivity index (χ0v) is 8.76. The summed E-state index contributed by atoms with van der Waals surface area (Å²) >= 11 is 0. The lowest BCUT2D eigenvalue weighted by molar-refractivity contribution is -0.385. The van der Waals surface area contributed by atoms with Crippen LogP contribution in [0.25, 0.3) is 0 Å². The summed E-state index contributed by atoms with van der Waals surface area (Å²) in [5.74, 6) is -6.03. The summed E-state index contributed by atoms with van der Waals surface area (Å²) in [4.78, 5) is 20.7.